The highest BCUT2D eigenvalue weighted by Crippen LogP contribution is 2.32. The van der Waals surface area contributed by atoms with Gasteiger partial charge in [-0.1, -0.05) is 88.3 Å². The summed E-state index contributed by atoms with van der Waals surface area (Å²) in [5, 5.41) is 0. The maximum atomic E-state index is 12.4. The van der Waals surface area contributed by atoms with Crippen molar-refractivity contribution < 1.29 is 9.53 Å². The summed E-state index contributed by atoms with van der Waals surface area (Å²) in [6.07, 6.45) is 12.1. The summed E-state index contributed by atoms with van der Waals surface area (Å²) in [6.45, 7) is 4.42. The van der Waals surface area contributed by atoms with Gasteiger partial charge in [0, 0.05) is 0 Å². The topological polar surface area (TPSA) is 26.3 Å². The third-order valence-corrected chi connectivity index (χ3v) is 6.73. The van der Waals surface area contributed by atoms with E-state index in [-0.39, 0.29) is 5.97 Å². The summed E-state index contributed by atoms with van der Waals surface area (Å²) in [5.41, 5.74) is 5.27. The van der Waals surface area contributed by atoms with Crippen LogP contribution in [0.2, 0.25) is 0 Å². The molecule has 2 nitrogen and oxygen atoms in total. The van der Waals surface area contributed by atoms with Crippen LogP contribution in [-0.4, -0.2) is 13.1 Å². The molecule has 2 aromatic carbocycles. The SMILES string of the molecule is CCC(CCC1CCCCC1)Cc1ccc(C(=O)OC)c(-c2ccccc2C)c1. The summed E-state index contributed by atoms with van der Waals surface area (Å²) in [4.78, 5) is 12.4. The average Bonchev–Trinajstić information content (AvgIpc) is 2.77. The van der Waals surface area contributed by atoms with Gasteiger partial charge in [-0.2, -0.15) is 0 Å². The molecule has 29 heavy (non-hydrogen) atoms. The van der Waals surface area contributed by atoms with Crippen LogP contribution in [0.3, 0.4) is 0 Å². The third-order valence-electron chi connectivity index (χ3n) is 6.73. The Bertz CT molecular complexity index is 802. The molecule has 3 rings (SSSR count). The van der Waals surface area contributed by atoms with E-state index < -0.39 is 0 Å². The van der Waals surface area contributed by atoms with E-state index in [1.807, 2.05) is 18.2 Å². The highest BCUT2D eigenvalue weighted by molar-refractivity contribution is 5.97. The summed E-state index contributed by atoms with van der Waals surface area (Å²) in [5.74, 6) is 1.40. The van der Waals surface area contributed by atoms with Crippen molar-refractivity contribution in [1.82, 2.24) is 0 Å². The molecule has 0 N–H and O–H groups in total. The molecule has 0 amide bonds. The first-order chi connectivity index (χ1) is 14.1. The molecule has 1 aliphatic rings. The fourth-order valence-corrected chi connectivity index (χ4v) is 4.84. The number of aryl methyl sites for hydroxylation is 1. The maximum absolute atomic E-state index is 12.4. The molecule has 2 aromatic rings. The standard InChI is InChI=1S/C27H36O2/c1-4-21(14-15-22-11-6-5-7-12-22)18-23-16-17-25(27(28)29-3)26(19-23)24-13-9-8-10-20(24)2/h8-10,13,16-17,19,21-22H,4-7,11-12,14-15,18H2,1-3H3. The van der Waals surface area contributed by atoms with E-state index in [0.29, 0.717) is 11.5 Å². The van der Waals surface area contributed by atoms with E-state index in [4.69, 9.17) is 4.74 Å². The van der Waals surface area contributed by atoms with E-state index in [9.17, 15) is 4.79 Å². The van der Waals surface area contributed by atoms with Crippen LogP contribution in [-0.2, 0) is 11.2 Å². The second-order valence-corrected chi connectivity index (χ2v) is 8.75. The van der Waals surface area contributed by atoms with Gasteiger partial charge in [0.2, 0.25) is 0 Å². The van der Waals surface area contributed by atoms with Crippen molar-refractivity contribution in [2.75, 3.05) is 7.11 Å². The van der Waals surface area contributed by atoms with Crippen LogP contribution >= 0.6 is 0 Å². The monoisotopic (exact) mass is 392 g/mol. The average molecular weight is 393 g/mol. The van der Waals surface area contributed by atoms with Crippen molar-refractivity contribution in [2.45, 2.75) is 71.6 Å². The lowest BCUT2D eigenvalue weighted by molar-refractivity contribution is 0.0601. The van der Waals surface area contributed by atoms with Gasteiger partial charge in [0.25, 0.3) is 0 Å². The summed E-state index contributed by atoms with van der Waals surface area (Å²) >= 11 is 0. The van der Waals surface area contributed by atoms with Crippen molar-refractivity contribution in [3.63, 3.8) is 0 Å². The van der Waals surface area contributed by atoms with Crippen LogP contribution in [0.4, 0.5) is 0 Å². The first kappa shape index (κ1) is 21.6. The molecule has 1 saturated carbocycles. The lowest BCUT2D eigenvalue weighted by Gasteiger charge is -2.24. The zero-order valence-electron chi connectivity index (χ0n) is 18.4. The predicted molar refractivity (Wildman–Crippen MR) is 121 cm³/mol. The second-order valence-electron chi connectivity index (χ2n) is 8.75. The molecule has 0 aromatic heterocycles. The Morgan fingerprint density at radius 1 is 1.07 bits per heavy atom. The van der Waals surface area contributed by atoms with Gasteiger partial charge in [0.05, 0.1) is 12.7 Å². The minimum atomic E-state index is -0.265. The van der Waals surface area contributed by atoms with E-state index in [1.54, 1.807) is 0 Å². The molecular weight excluding hydrogens is 356 g/mol. The van der Waals surface area contributed by atoms with Gasteiger partial charge >= 0.3 is 5.97 Å². The molecule has 0 saturated heterocycles. The number of benzene rings is 2. The number of esters is 1. The van der Waals surface area contributed by atoms with Crippen LogP contribution in [0, 0.1) is 18.8 Å². The lowest BCUT2D eigenvalue weighted by Crippen LogP contribution is -2.11. The molecule has 2 heteroatoms. The number of carbonyl (C=O) groups excluding carboxylic acids is 1. The van der Waals surface area contributed by atoms with Gasteiger partial charge < -0.3 is 4.74 Å². The number of carbonyl (C=O) groups is 1. The first-order valence-electron chi connectivity index (χ1n) is 11.4. The minimum absolute atomic E-state index is 0.265. The van der Waals surface area contributed by atoms with Crippen LogP contribution in [0.5, 0.6) is 0 Å². The van der Waals surface area contributed by atoms with Gasteiger partial charge in [0.15, 0.2) is 0 Å². The number of methoxy groups -OCH3 is 1. The molecule has 1 aliphatic carbocycles. The molecule has 1 fully saturated rings. The zero-order valence-corrected chi connectivity index (χ0v) is 18.4. The molecule has 1 unspecified atom stereocenters. The lowest BCUT2D eigenvalue weighted by atomic mass is 9.82. The van der Waals surface area contributed by atoms with Gasteiger partial charge in [-0.05, 0) is 59.9 Å². The fourth-order valence-electron chi connectivity index (χ4n) is 4.84. The van der Waals surface area contributed by atoms with E-state index >= 15 is 0 Å². The quantitative estimate of drug-likeness (QED) is 0.438. The number of hydrogen-bond acceptors (Lipinski definition) is 2. The molecule has 0 radical (unpaired) electrons. The Balaban J connectivity index is 1.79. The van der Waals surface area contributed by atoms with Crippen LogP contribution in [0.25, 0.3) is 11.1 Å². The Hall–Kier alpha value is -2.09. The summed E-state index contributed by atoms with van der Waals surface area (Å²) in [6, 6.07) is 14.6. The normalized spacial score (nSPS) is 15.8. The fraction of sp³-hybridized carbons (Fsp3) is 0.519. The van der Waals surface area contributed by atoms with Crippen molar-refractivity contribution in [2.24, 2.45) is 11.8 Å². The number of hydrogen-bond donors (Lipinski definition) is 0. The van der Waals surface area contributed by atoms with Crippen LogP contribution in [0.1, 0.15) is 79.8 Å². The highest BCUT2D eigenvalue weighted by Gasteiger charge is 2.18. The first-order valence-corrected chi connectivity index (χ1v) is 11.4. The van der Waals surface area contributed by atoms with Crippen LogP contribution < -0.4 is 0 Å². The van der Waals surface area contributed by atoms with Crippen LogP contribution in [0.15, 0.2) is 42.5 Å². The number of rotatable bonds is 8. The summed E-state index contributed by atoms with van der Waals surface area (Å²) < 4.78 is 5.05. The molecule has 1 atom stereocenters. The third kappa shape index (κ3) is 5.72. The summed E-state index contributed by atoms with van der Waals surface area (Å²) in [7, 11) is 1.45. The molecule has 0 spiro atoms. The van der Waals surface area contributed by atoms with Gasteiger partial charge in [-0.15, -0.1) is 0 Å². The largest absolute Gasteiger partial charge is 0.465 e. The van der Waals surface area contributed by atoms with E-state index in [1.165, 1.54) is 69.6 Å². The van der Waals surface area contributed by atoms with E-state index in [0.717, 1.165) is 23.5 Å². The predicted octanol–water partition coefficient (Wildman–Crippen LogP) is 7.38. The van der Waals surface area contributed by atoms with E-state index in [2.05, 4.69) is 38.1 Å². The Morgan fingerprint density at radius 3 is 2.52 bits per heavy atom. The zero-order chi connectivity index (χ0) is 20.6. The van der Waals surface area contributed by atoms with Gasteiger partial charge in [-0.25, -0.2) is 4.79 Å². The van der Waals surface area contributed by atoms with Gasteiger partial charge in [0.1, 0.15) is 0 Å². The number of ether oxygens (including phenoxy) is 1. The molecule has 0 aliphatic heterocycles. The molecule has 0 heterocycles. The second kappa shape index (κ2) is 10.6. The smallest absolute Gasteiger partial charge is 0.338 e. The Morgan fingerprint density at radius 2 is 1.83 bits per heavy atom. The van der Waals surface area contributed by atoms with Crippen molar-refractivity contribution in [3.05, 3.63) is 59.2 Å². The highest BCUT2D eigenvalue weighted by atomic mass is 16.5. The van der Waals surface area contributed by atoms with Crippen molar-refractivity contribution in [1.29, 1.82) is 0 Å². The molecule has 0 bridgehead atoms. The minimum Gasteiger partial charge on any atom is -0.465 e. The van der Waals surface area contributed by atoms with Gasteiger partial charge in [-0.3, -0.25) is 0 Å². The van der Waals surface area contributed by atoms with Crippen molar-refractivity contribution >= 4 is 5.97 Å². The molecule has 156 valence electrons. The Labute approximate surface area is 176 Å². The maximum Gasteiger partial charge on any atom is 0.338 e. The Kier molecular flexibility index (Phi) is 7.91. The van der Waals surface area contributed by atoms with Crippen molar-refractivity contribution in [3.8, 4) is 11.1 Å². The molecular formula is C27H36O2.